The van der Waals surface area contributed by atoms with Gasteiger partial charge < -0.3 is 4.90 Å². The van der Waals surface area contributed by atoms with Gasteiger partial charge in [-0.1, -0.05) is 11.6 Å². The zero-order chi connectivity index (χ0) is 22.7. The summed E-state index contributed by atoms with van der Waals surface area (Å²) in [6.07, 6.45) is 5.68. The number of pyridine rings is 1. The fraction of sp³-hybridized carbons (Fsp3) is 0.480. The molecule has 0 amide bonds. The van der Waals surface area contributed by atoms with Gasteiger partial charge in [0, 0.05) is 36.1 Å². The molecule has 6 nitrogen and oxygen atoms in total. The molecule has 0 spiro atoms. The van der Waals surface area contributed by atoms with Crippen molar-refractivity contribution in [1.82, 2.24) is 24.6 Å². The van der Waals surface area contributed by atoms with Crippen molar-refractivity contribution in [3.8, 4) is 5.69 Å². The first kappa shape index (κ1) is 21.1. The Morgan fingerprint density at radius 3 is 2.61 bits per heavy atom. The number of rotatable bonds is 3. The van der Waals surface area contributed by atoms with Gasteiger partial charge in [0.15, 0.2) is 5.82 Å². The van der Waals surface area contributed by atoms with Crippen LogP contribution in [0.2, 0.25) is 5.02 Å². The number of hydrogen-bond donors (Lipinski definition) is 0. The second-order valence-corrected chi connectivity index (χ2v) is 10.4. The number of piperidine rings is 1. The van der Waals surface area contributed by atoms with E-state index < -0.39 is 0 Å². The maximum atomic E-state index is 13.6. The van der Waals surface area contributed by atoms with E-state index in [0.29, 0.717) is 11.5 Å². The Morgan fingerprint density at radius 1 is 1.09 bits per heavy atom. The van der Waals surface area contributed by atoms with Crippen molar-refractivity contribution < 1.29 is 4.39 Å². The molecule has 1 saturated heterocycles. The summed E-state index contributed by atoms with van der Waals surface area (Å²) in [4.78, 5) is 9.08. The molecule has 8 heteroatoms. The smallest absolute Gasteiger partial charge is 0.151 e. The van der Waals surface area contributed by atoms with E-state index in [4.69, 9.17) is 16.7 Å². The van der Waals surface area contributed by atoms with Crippen LogP contribution >= 0.6 is 11.6 Å². The van der Waals surface area contributed by atoms with E-state index in [-0.39, 0.29) is 11.4 Å². The van der Waals surface area contributed by atoms with Crippen molar-refractivity contribution in [3.05, 3.63) is 64.1 Å². The normalized spacial score (nSPS) is 20.3. The van der Waals surface area contributed by atoms with E-state index in [0.717, 1.165) is 67.2 Å². The van der Waals surface area contributed by atoms with Gasteiger partial charge in [0.25, 0.3) is 0 Å². The molecule has 1 aromatic carbocycles. The molecule has 4 heterocycles. The lowest BCUT2D eigenvalue weighted by atomic mass is 9.95. The summed E-state index contributed by atoms with van der Waals surface area (Å²) in [5.41, 5.74) is 3.26. The fourth-order valence-electron chi connectivity index (χ4n) is 5.23. The number of anilines is 1. The standard InChI is InChI=1S/C25H28ClFN6/c1-16-11-22(28-13-20(16)27)31-9-5-17(6-10-31)24-30-29-23-15-32(25(2)7-8-25)14-18-12-19(26)3-4-21(18)33(23)24/h3-4,11-13,17H,5-10,14-15H2,1-2H3. The number of benzene rings is 1. The van der Waals surface area contributed by atoms with Crippen molar-refractivity contribution in [2.75, 3.05) is 18.0 Å². The fourth-order valence-corrected chi connectivity index (χ4v) is 5.43. The molecular formula is C25H28ClFN6. The van der Waals surface area contributed by atoms with Gasteiger partial charge in [0.2, 0.25) is 0 Å². The first-order valence-electron chi connectivity index (χ1n) is 11.8. The van der Waals surface area contributed by atoms with Gasteiger partial charge in [0.05, 0.1) is 18.4 Å². The van der Waals surface area contributed by atoms with E-state index in [1.807, 2.05) is 12.1 Å². The average Bonchev–Trinajstić information content (AvgIpc) is 3.47. The molecule has 0 radical (unpaired) electrons. The molecule has 33 heavy (non-hydrogen) atoms. The Labute approximate surface area is 198 Å². The molecule has 2 fully saturated rings. The maximum absolute atomic E-state index is 13.6. The Bertz CT molecular complexity index is 1210. The largest absolute Gasteiger partial charge is 0.357 e. The lowest BCUT2D eigenvalue weighted by molar-refractivity contribution is 0.170. The minimum atomic E-state index is -0.257. The Hall–Kier alpha value is -2.51. The molecule has 1 saturated carbocycles. The molecule has 0 bridgehead atoms. The highest BCUT2D eigenvalue weighted by atomic mass is 35.5. The molecule has 0 atom stereocenters. The molecule has 2 aromatic heterocycles. The summed E-state index contributed by atoms with van der Waals surface area (Å²) in [5.74, 6) is 2.96. The Kier molecular flexibility index (Phi) is 4.96. The van der Waals surface area contributed by atoms with Gasteiger partial charge in [-0.05, 0) is 74.9 Å². The SMILES string of the molecule is Cc1cc(N2CCC(c3nnc4n3-c3ccc(Cl)cc3CN(C3(C)CC3)C4)CC2)ncc1F. The third-order valence-corrected chi connectivity index (χ3v) is 7.92. The minimum absolute atomic E-state index is 0.243. The highest BCUT2D eigenvalue weighted by molar-refractivity contribution is 6.30. The number of aryl methyl sites for hydroxylation is 1. The van der Waals surface area contributed by atoms with Crippen molar-refractivity contribution in [1.29, 1.82) is 0 Å². The highest BCUT2D eigenvalue weighted by Gasteiger charge is 2.45. The molecular weight excluding hydrogens is 439 g/mol. The highest BCUT2D eigenvalue weighted by Crippen LogP contribution is 2.44. The van der Waals surface area contributed by atoms with Gasteiger partial charge in [0.1, 0.15) is 17.5 Å². The number of halogens is 2. The second-order valence-electron chi connectivity index (χ2n) is 9.99. The summed E-state index contributed by atoms with van der Waals surface area (Å²) >= 11 is 6.40. The van der Waals surface area contributed by atoms with Crippen molar-refractivity contribution >= 4 is 17.4 Å². The van der Waals surface area contributed by atoms with Crippen molar-refractivity contribution in [3.63, 3.8) is 0 Å². The van der Waals surface area contributed by atoms with Crippen LogP contribution in [0.5, 0.6) is 0 Å². The number of hydrogen-bond acceptors (Lipinski definition) is 5. The van der Waals surface area contributed by atoms with Crippen LogP contribution < -0.4 is 4.90 Å². The van der Waals surface area contributed by atoms with E-state index in [1.165, 1.54) is 24.6 Å². The quantitative estimate of drug-likeness (QED) is 0.542. The molecule has 0 unspecified atom stereocenters. The summed E-state index contributed by atoms with van der Waals surface area (Å²) in [7, 11) is 0. The van der Waals surface area contributed by atoms with E-state index >= 15 is 0 Å². The number of fused-ring (bicyclic) bond motifs is 3. The third-order valence-electron chi connectivity index (χ3n) is 7.68. The van der Waals surface area contributed by atoms with Crippen molar-refractivity contribution in [2.24, 2.45) is 0 Å². The van der Waals surface area contributed by atoms with Crippen LogP contribution in [0.1, 0.15) is 61.3 Å². The van der Waals surface area contributed by atoms with Crippen LogP contribution in [-0.4, -0.2) is 43.3 Å². The van der Waals surface area contributed by atoms with Gasteiger partial charge in [-0.25, -0.2) is 9.37 Å². The first-order chi connectivity index (χ1) is 15.9. The third kappa shape index (κ3) is 3.71. The van der Waals surface area contributed by atoms with Crippen LogP contribution in [0.25, 0.3) is 5.69 Å². The summed E-state index contributed by atoms with van der Waals surface area (Å²) in [5, 5.41) is 10.2. The zero-order valence-corrected chi connectivity index (χ0v) is 19.8. The number of nitrogens with zero attached hydrogens (tertiary/aromatic N) is 6. The minimum Gasteiger partial charge on any atom is -0.357 e. The monoisotopic (exact) mass is 466 g/mol. The van der Waals surface area contributed by atoms with Crippen LogP contribution in [0, 0.1) is 12.7 Å². The molecule has 3 aromatic rings. The second kappa shape index (κ2) is 7.77. The van der Waals surface area contributed by atoms with Crippen LogP contribution in [0.4, 0.5) is 10.2 Å². The lowest BCUT2D eigenvalue weighted by Crippen LogP contribution is -2.34. The molecule has 6 rings (SSSR count). The summed E-state index contributed by atoms with van der Waals surface area (Å²) in [6, 6.07) is 8.02. The molecule has 3 aliphatic rings. The van der Waals surface area contributed by atoms with E-state index in [9.17, 15) is 4.39 Å². The topological polar surface area (TPSA) is 50.1 Å². The predicted octanol–water partition coefficient (Wildman–Crippen LogP) is 5.02. The van der Waals surface area contributed by atoms with Crippen LogP contribution in [-0.2, 0) is 13.1 Å². The van der Waals surface area contributed by atoms with E-state index in [2.05, 4.69) is 43.5 Å². The molecule has 2 aliphatic heterocycles. The maximum Gasteiger partial charge on any atom is 0.151 e. The molecule has 1 aliphatic carbocycles. The zero-order valence-electron chi connectivity index (χ0n) is 19.1. The molecule has 172 valence electrons. The van der Waals surface area contributed by atoms with Gasteiger partial charge in [-0.15, -0.1) is 10.2 Å². The van der Waals surface area contributed by atoms with Gasteiger partial charge in [-0.3, -0.25) is 9.47 Å². The lowest BCUT2D eigenvalue weighted by Gasteiger charge is -2.32. The molecule has 0 N–H and O–H groups in total. The van der Waals surface area contributed by atoms with E-state index in [1.54, 1.807) is 6.92 Å². The average molecular weight is 467 g/mol. The van der Waals surface area contributed by atoms with Crippen LogP contribution in [0.15, 0.2) is 30.5 Å². The summed E-state index contributed by atoms with van der Waals surface area (Å²) < 4.78 is 15.9. The van der Waals surface area contributed by atoms with Gasteiger partial charge in [-0.2, -0.15) is 0 Å². The Morgan fingerprint density at radius 2 is 1.88 bits per heavy atom. The summed E-state index contributed by atoms with van der Waals surface area (Å²) in [6.45, 7) is 7.53. The van der Waals surface area contributed by atoms with Crippen molar-refractivity contribution in [2.45, 2.75) is 64.1 Å². The Balaban J connectivity index is 1.30. The number of aromatic nitrogens is 4. The van der Waals surface area contributed by atoms with Crippen LogP contribution in [0.3, 0.4) is 0 Å². The first-order valence-corrected chi connectivity index (χ1v) is 12.1. The predicted molar refractivity (Wildman–Crippen MR) is 126 cm³/mol. The van der Waals surface area contributed by atoms with Gasteiger partial charge >= 0.3 is 0 Å².